The van der Waals surface area contributed by atoms with Crippen LogP contribution in [0.5, 0.6) is 0 Å². The van der Waals surface area contributed by atoms with Crippen LogP contribution in [-0.4, -0.2) is 60.6 Å². The third-order valence-corrected chi connectivity index (χ3v) is 4.14. The highest BCUT2D eigenvalue weighted by atomic mass is 19.1. The molecule has 0 aliphatic heterocycles. The minimum Gasteiger partial charge on any atom is -0.481 e. The van der Waals surface area contributed by atoms with E-state index in [0.717, 1.165) is 5.56 Å². The standard InChI is InChI=1S/C13H19NO2.C8H11FN2O5.C2H6.C2H2/c1-10(2)11(3)14-13(15)16-9-12-7-5-4-6-8-12;9-2-6(13)5(1-8(15)16)11-7(14)3-10-4-12;2*1-2/h4-8,10-11H,9H2,1-3H3,(H,14,15);4-5H,1-3H2,(H,10,12)(H,11,14)(H,15,16);1-2H3;1-2H. The molecule has 0 saturated heterocycles. The summed E-state index contributed by atoms with van der Waals surface area (Å²) in [5.41, 5.74) is 0.995. The maximum Gasteiger partial charge on any atom is 0.407 e. The summed E-state index contributed by atoms with van der Waals surface area (Å²) in [5.74, 6) is -2.72. The van der Waals surface area contributed by atoms with Gasteiger partial charge in [-0.1, -0.05) is 58.0 Å². The molecule has 2 atom stereocenters. The lowest BCUT2D eigenvalue weighted by Gasteiger charge is -2.17. The van der Waals surface area contributed by atoms with E-state index in [2.05, 4.69) is 32.0 Å². The second-order valence-corrected chi connectivity index (χ2v) is 7.06. The van der Waals surface area contributed by atoms with Gasteiger partial charge in [0, 0.05) is 6.04 Å². The van der Waals surface area contributed by atoms with Crippen LogP contribution in [0.2, 0.25) is 0 Å². The second-order valence-electron chi connectivity index (χ2n) is 7.06. The van der Waals surface area contributed by atoms with Crippen LogP contribution in [0.25, 0.3) is 0 Å². The number of halogens is 1. The number of alkyl halides is 1. The molecule has 0 spiro atoms. The summed E-state index contributed by atoms with van der Waals surface area (Å²) in [7, 11) is 0. The van der Waals surface area contributed by atoms with Crippen LogP contribution in [0.1, 0.15) is 46.6 Å². The molecule has 1 aromatic carbocycles. The first-order valence-corrected chi connectivity index (χ1v) is 11.2. The number of hydrogen-bond donors (Lipinski definition) is 4. The Morgan fingerprint density at radius 2 is 1.61 bits per heavy atom. The van der Waals surface area contributed by atoms with E-state index >= 15 is 0 Å². The van der Waals surface area contributed by atoms with E-state index in [4.69, 9.17) is 9.84 Å². The molecule has 1 rings (SSSR count). The minimum atomic E-state index is -1.41. The average molecular weight is 512 g/mol. The van der Waals surface area contributed by atoms with Crippen LogP contribution in [0.4, 0.5) is 9.18 Å². The number of terminal acetylenes is 1. The number of carboxylic acids is 1. The van der Waals surface area contributed by atoms with Gasteiger partial charge in [-0.05, 0) is 18.4 Å². The molecule has 4 N–H and O–H groups in total. The van der Waals surface area contributed by atoms with Gasteiger partial charge in [-0.15, -0.1) is 12.8 Å². The van der Waals surface area contributed by atoms with Gasteiger partial charge in [-0.25, -0.2) is 9.18 Å². The number of amides is 3. The zero-order valence-electron chi connectivity index (χ0n) is 21.5. The van der Waals surface area contributed by atoms with Crippen molar-refractivity contribution in [3.63, 3.8) is 0 Å². The van der Waals surface area contributed by atoms with Crippen LogP contribution in [0.15, 0.2) is 30.3 Å². The normalized spacial score (nSPS) is 10.7. The minimum absolute atomic E-state index is 0.128. The number of carbonyl (C=O) groups is 5. The zero-order valence-corrected chi connectivity index (χ0v) is 21.5. The lowest BCUT2D eigenvalue weighted by Crippen LogP contribution is -2.46. The Balaban J connectivity index is -0.000000531. The summed E-state index contributed by atoms with van der Waals surface area (Å²) in [6.45, 7) is 8.63. The van der Waals surface area contributed by atoms with Gasteiger partial charge in [0.15, 0.2) is 5.78 Å². The Morgan fingerprint density at radius 1 is 1.06 bits per heavy atom. The summed E-state index contributed by atoms with van der Waals surface area (Å²) in [4.78, 5) is 53.5. The quantitative estimate of drug-likeness (QED) is 0.249. The largest absolute Gasteiger partial charge is 0.481 e. The molecule has 36 heavy (non-hydrogen) atoms. The van der Waals surface area contributed by atoms with Crippen molar-refractivity contribution < 1.29 is 38.2 Å². The topological polar surface area (TPSA) is 151 Å². The smallest absolute Gasteiger partial charge is 0.407 e. The predicted octanol–water partition coefficient (Wildman–Crippen LogP) is 2.46. The number of ether oxygens (including phenoxy) is 1. The monoisotopic (exact) mass is 511 g/mol. The number of carbonyl (C=O) groups excluding carboxylic acids is 4. The van der Waals surface area contributed by atoms with Gasteiger partial charge >= 0.3 is 12.1 Å². The predicted molar refractivity (Wildman–Crippen MR) is 135 cm³/mol. The van der Waals surface area contributed by atoms with Crippen molar-refractivity contribution in [2.24, 2.45) is 5.92 Å². The molecule has 0 aliphatic rings. The van der Waals surface area contributed by atoms with E-state index in [1.807, 2.05) is 61.7 Å². The molecular formula is C25H38FN3O7. The lowest BCUT2D eigenvalue weighted by molar-refractivity contribution is -0.140. The molecular weight excluding hydrogens is 473 g/mol. The Kier molecular flexibility index (Phi) is 24.6. The highest BCUT2D eigenvalue weighted by molar-refractivity contribution is 5.93. The summed E-state index contributed by atoms with van der Waals surface area (Å²) in [5, 5.41) is 15.2. The first-order chi connectivity index (χ1) is 17.1. The zero-order chi connectivity index (χ0) is 28.5. The van der Waals surface area contributed by atoms with E-state index in [9.17, 15) is 28.4 Å². The summed E-state index contributed by atoms with van der Waals surface area (Å²) < 4.78 is 17.1. The Morgan fingerprint density at radius 3 is 2.06 bits per heavy atom. The highest BCUT2D eigenvalue weighted by Crippen LogP contribution is 2.03. The maximum absolute atomic E-state index is 12.0. The van der Waals surface area contributed by atoms with Crippen molar-refractivity contribution in [2.75, 3.05) is 13.2 Å². The first kappa shape index (κ1) is 36.6. The average Bonchev–Trinajstić information content (AvgIpc) is 2.88. The van der Waals surface area contributed by atoms with E-state index in [1.54, 1.807) is 0 Å². The number of rotatable bonds is 12. The van der Waals surface area contributed by atoms with Crippen LogP contribution in [-0.2, 0) is 30.5 Å². The van der Waals surface area contributed by atoms with Gasteiger partial charge in [-0.2, -0.15) is 0 Å². The van der Waals surface area contributed by atoms with Gasteiger partial charge < -0.3 is 25.8 Å². The van der Waals surface area contributed by atoms with Gasteiger partial charge in [0.2, 0.25) is 12.3 Å². The van der Waals surface area contributed by atoms with E-state index in [1.165, 1.54) is 0 Å². The summed E-state index contributed by atoms with van der Waals surface area (Å²) >= 11 is 0. The lowest BCUT2D eigenvalue weighted by atomic mass is 10.1. The molecule has 0 aromatic heterocycles. The van der Waals surface area contributed by atoms with E-state index < -0.39 is 43.3 Å². The Bertz CT molecular complexity index is 786. The highest BCUT2D eigenvalue weighted by Gasteiger charge is 2.23. The van der Waals surface area contributed by atoms with Crippen molar-refractivity contribution in [2.45, 2.75) is 59.7 Å². The van der Waals surface area contributed by atoms with Crippen LogP contribution in [0, 0.1) is 18.8 Å². The van der Waals surface area contributed by atoms with Crippen molar-refractivity contribution in [1.29, 1.82) is 0 Å². The van der Waals surface area contributed by atoms with Crippen molar-refractivity contribution in [3.8, 4) is 12.8 Å². The van der Waals surface area contributed by atoms with Crippen LogP contribution >= 0.6 is 0 Å². The molecule has 2 unspecified atom stereocenters. The summed E-state index contributed by atoms with van der Waals surface area (Å²) in [6, 6.07) is 8.36. The number of aliphatic carboxylic acids is 1. The number of ketones is 1. The molecule has 11 heteroatoms. The molecule has 10 nitrogen and oxygen atoms in total. The van der Waals surface area contributed by atoms with Gasteiger partial charge in [0.05, 0.1) is 13.0 Å². The fourth-order valence-electron chi connectivity index (χ4n) is 2.01. The van der Waals surface area contributed by atoms with E-state index in [0.29, 0.717) is 12.5 Å². The molecule has 0 heterocycles. The van der Waals surface area contributed by atoms with Crippen molar-refractivity contribution in [1.82, 2.24) is 16.0 Å². The number of benzene rings is 1. The number of nitrogens with one attached hydrogen (secondary N) is 3. The molecule has 1 aromatic rings. The third kappa shape index (κ3) is 20.7. The molecule has 0 radical (unpaired) electrons. The van der Waals surface area contributed by atoms with Crippen molar-refractivity contribution in [3.05, 3.63) is 35.9 Å². The molecule has 0 aliphatic carbocycles. The third-order valence-electron chi connectivity index (χ3n) is 4.14. The van der Waals surface area contributed by atoms with Gasteiger partial charge in [0.1, 0.15) is 19.3 Å². The van der Waals surface area contributed by atoms with E-state index in [-0.39, 0.29) is 18.5 Å². The molecule has 3 amide bonds. The molecule has 202 valence electrons. The first-order valence-electron chi connectivity index (χ1n) is 11.2. The van der Waals surface area contributed by atoms with Gasteiger partial charge in [-0.3, -0.25) is 19.2 Å². The Labute approximate surface area is 212 Å². The van der Waals surface area contributed by atoms with Crippen molar-refractivity contribution >= 4 is 30.2 Å². The fourth-order valence-corrected chi connectivity index (χ4v) is 2.01. The second kappa shape index (κ2) is 24.2. The molecule has 0 fully saturated rings. The van der Waals surface area contributed by atoms with Crippen LogP contribution in [0.3, 0.4) is 0 Å². The van der Waals surface area contributed by atoms with Gasteiger partial charge in [0.25, 0.3) is 0 Å². The molecule has 0 saturated carbocycles. The summed E-state index contributed by atoms with van der Waals surface area (Å²) in [6.07, 6.45) is 7.21. The number of alkyl carbamates (subject to hydrolysis) is 1. The fraction of sp³-hybridized carbons (Fsp3) is 0.480. The maximum atomic E-state index is 12.0. The SMILES string of the molecule is C#C.CC.CC(C)C(C)NC(=O)OCc1ccccc1.O=CNCC(=O)NC(CC(=O)O)C(=O)CF. The number of hydrogen-bond acceptors (Lipinski definition) is 6. The number of Topliss-reactive ketones (excluding diaryl/α,β-unsaturated/α-hetero) is 1. The number of carboxylic acid groups (broad SMARTS) is 1. The Hall–Kier alpha value is -3.94. The molecule has 0 bridgehead atoms. The van der Waals surface area contributed by atoms with Crippen LogP contribution < -0.4 is 16.0 Å².